The van der Waals surface area contributed by atoms with Gasteiger partial charge in [0.15, 0.2) is 0 Å². The van der Waals surface area contributed by atoms with Gasteiger partial charge in [0.25, 0.3) is 5.91 Å². The first-order valence-electron chi connectivity index (χ1n) is 10.1. The molecule has 29 heavy (non-hydrogen) atoms. The van der Waals surface area contributed by atoms with Crippen LogP contribution in [0.15, 0.2) is 43.0 Å². The van der Waals surface area contributed by atoms with Crippen LogP contribution in [0.25, 0.3) is 10.9 Å². The molecule has 2 fully saturated rings. The molecule has 8 nitrogen and oxygen atoms in total. The monoisotopic (exact) mass is 389 g/mol. The maximum Gasteiger partial charge on any atom is 0.274 e. The first-order chi connectivity index (χ1) is 14.3. The van der Waals surface area contributed by atoms with Crippen molar-refractivity contribution in [1.82, 2.24) is 24.8 Å². The Balaban J connectivity index is 1.30. The second-order valence-electron chi connectivity index (χ2n) is 7.45. The maximum absolute atomic E-state index is 12.6. The van der Waals surface area contributed by atoms with Gasteiger partial charge in [-0.2, -0.15) is 0 Å². The third-order valence-electron chi connectivity index (χ3n) is 5.66. The molecule has 0 N–H and O–H groups in total. The minimum absolute atomic E-state index is 0.0112. The van der Waals surface area contributed by atoms with Gasteiger partial charge in [-0.3, -0.25) is 9.78 Å². The molecule has 1 aromatic carbocycles. The molecular formula is C21H23N7O. The lowest BCUT2D eigenvalue weighted by Crippen LogP contribution is -2.47. The Kier molecular flexibility index (Phi) is 4.67. The van der Waals surface area contributed by atoms with E-state index >= 15 is 0 Å². The first kappa shape index (κ1) is 17.8. The number of rotatable bonds is 3. The average molecular weight is 389 g/mol. The Hall–Kier alpha value is -3.29. The van der Waals surface area contributed by atoms with Crippen molar-refractivity contribution >= 4 is 28.4 Å². The lowest BCUT2D eigenvalue weighted by molar-refractivity contribution is 0.0786. The predicted molar refractivity (Wildman–Crippen MR) is 111 cm³/mol. The zero-order chi connectivity index (χ0) is 19.6. The summed E-state index contributed by atoms with van der Waals surface area (Å²) < 4.78 is 0. The van der Waals surface area contributed by atoms with Gasteiger partial charge in [0, 0.05) is 44.7 Å². The summed E-state index contributed by atoms with van der Waals surface area (Å²) in [4.78, 5) is 36.8. The number of carbonyl (C=O) groups is 1. The van der Waals surface area contributed by atoms with Crippen LogP contribution in [0.3, 0.4) is 0 Å². The van der Waals surface area contributed by atoms with E-state index in [0.29, 0.717) is 5.69 Å². The summed E-state index contributed by atoms with van der Waals surface area (Å²) in [5.74, 6) is 1.73. The number of amides is 1. The van der Waals surface area contributed by atoms with E-state index in [9.17, 15) is 4.79 Å². The van der Waals surface area contributed by atoms with E-state index in [1.165, 1.54) is 0 Å². The van der Waals surface area contributed by atoms with Crippen molar-refractivity contribution in [2.75, 3.05) is 49.1 Å². The number of likely N-dealkylation sites (tertiary alicyclic amines) is 1. The van der Waals surface area contributed by atoms with Gasteiger partial charge in [-0.1, -0.05) is 12.1 Å². The van der Waals surface area contributed by atoms with Crippen LogP contribution in [-0.2, 0) is 0 Å². The number of benzene rings is 1. The molecule has 5 rings (SSSR count). The molecule has 0 saturated carbocycles. The van der Waals surface area contributed by atoms with E-state index in [0.717, 1.165) is 74.6 Å². The van der Waals surface area contributed by atoms with Crippen molar-refractivity contribution in [3.8, 4) is 0 Å². The molecule has 2 aliphatic rings. The van der Waals surface area contributed by atoms with Gasteiger partial charge in [-0.25, -0.2) is 15.0 Å². The Bertz CT molecular complexity index is 1020. The Labute approximate surface area is 169 Å². The van der Waals surface area contributed by atoms with E-state index < -0.39 is 0 Å². The standard InChI is InChI=1S/C21H23N7O/c29-21(28-7-3-4-8-28)18-13-22-14-19(25-18)26-9-11-27(12-10-26)20-16-5-1-2-6-17(16)23-15-24-20/h1-2,5-6,13-15H,3-4,7-12H2. The minimum Gasteiger partial charge on any atom is -0.352 e. The number of aromatic nitrogens is 4. The number of anilines is 2. The summed E-state index contributed by atoms with van der Waals surface area (Å²) in [6, 6.07) is 8.08. The molecule has 148 valence electrons. The van der Waals surface area contributed by atoms with Crippen LogP contribution in [0.5, 0.6) is 0 Å². The summed E-state index contributed by atoms with van der Waals surface area (Å²) in [5.41, 5.74) is 1.40. The molecule has 0 unspecified atom stereocenters. The highest BCUT2D eigenvalue weighted by Gasteiger charge is 2.24. The molecule has 2 aromatic heterocycles. The minimum atomic E-state index is -0.0112. The molecule has 1 amide bonds. The zero-order valence-corrected chi connectivity index (χ0v) is 16.2. The Morgan fingerprint density at radius 2 is 1.62 bits per heavy atom. The van der Waals surface area contributed by atoms with E-state index in [-0.39, 0.29) is 5.91 Å². The third kappa shape index (κ3) is 3.46. The molecule has 0 spiro atoms. The molecule has 0 bridgehead atoms. The zero-order valence-electron chi connectivity index (χ0n) is 16.2. The maximum atomic E-state index is 12.6. The number of hydrogen-bond donors (Lipinski definition) is 0. The van der Waals surface area contributed by atoms with Gasteiger partial charge in [-0.15, -0.1) is 0 Å². The largest absolute Gasteiger partial charge is 0.352 e. The van der Waals surface area contributed by atoms with Gasteiger partial charge in [0.05, 0.1) is 17.9 Å². The third-order valence-corrected chi connectivity index (χ3v) is 5.66. The summed E-state index contributed by atoms with van der Waals surface area (Å²) in [5, 5.41) is 1.07. The van der Waals surface area contributed by atoms with Crippen LogP contribution in [0, 0.1) is 0 Å². The molecular weight excluding hydrogens is 366 g/mol. The number of nitrogens with zero attached hydrogens (tertiary/aromatic N) is 7. The van der Waals surface area contributed by atoms with Gasteiger partial charge < -0.3 is 14.7 Å². The van der Waals surface area contributed by atoms with Gasteiger partial charge >= 0.3 is 0 Å². The van der Waals surface area contributed by atoms with E-state index in [1.807, 2.05) is 23.1 Å². The predicted octanol–water partition coefficient (Wildman–Crippen LogP) is 1.98. The van der Waals surface area contributed by atoms with Crippen molar-refractivity contribution in [2.45, 2.75) is 12.8 Å². The molecule has 2 saturated heterocycles. The number of fused-ring (bicyclic) bond motifs is 1. The highest BCUT2D eigenvalue weighted by atomic mass is 16.2. The number of piperazine rings is 1. The molecule has 2 aliphatic heterocycles. The van der Waals surface area contributed by atoms with E-state index in [2.05, 4.69) is 35.8 Å². The van der Waals surface area contributed by atoms with Crippen LogP contribution in [0.4, 0.5) is 11.6 Å². The summed E-state index contributed by atoms with van der Waals surface area (Å²) in [6.45, 7) is 4.88. The SMILES string of the molecule is O=C(c1cncc(N2CCN(c3ncnc4ccccc34)CC2)n1)N1CCCC1. The quantitative estimate of drug-likeness (QED) is 0.678. The van der Waals surface area contributed by atoms with Crippen molar-refractivity contribution in [3.05, 3.63) is 48.7 Å². The fraction of sp³-hybridized carbons (Fsp3) is 0.381. The highest BCUT2D eigenvalue weighted by molar-refractivity contribution is 5.92. The van der Waals surface area contributed by atoms with Gasteiger partial charge in [-0.05, 0) is 25.0 Å². The van der Waals surface area contributed by atoms with Crippen LogP contribution in [-0.4, -0.2) is 70.0 Å². The Morgan fingerprint density at radius 3 is 2.45 bits per heavy atom. The summed E-state index contributed by atoms with van der Waals surface area (Å²) in [6.07, 6.45) is 7.09. The molecule has 0 atom stereocenters. The second kappa shape index (κ2) is 7.62. The number of hydrogen-bond acceptors (Lipinski definition) is 7. The van der Waals surface area contributed by atoms with Gasteiger partial charge in [0.2, 0.25) is 0 Å². The second-order valence-corrected chi connectivity index (χ2v) is 7.45. The molecule has 3 aromatic rings. The lowest BCUT2D eigenvalue weighted by Gasteiger charge is -2.36. The molecule has 0 aliphatic carbocycles. The van der Waals surface area contributed by atoms with Crippen LogP contribution in [0.1, 0.15) is 23.3 Å². The van der Waals surface area contributed by atoms with Crippen LogP contribution < -0.4 is 9.80 Å². The van der Waals surface area contributed by atoms with E-state index in [1.54, 1.807) is 18.7 Å². The normalized spacial score (nSPS) is 17.2. The van der Waals surface area contributed by atoms with Crippen molar-refractivity contribution < 1.29 is 4.79 Å². The number of para-hydroxylation sites is 1. The molecule has 8 heteroatoms. The van der Waals surface area contributed by atoms with Crippen molar-refractivity contribution in [2.24, 2.45) is 0 Å². The van der Waals surface area contributed by atoms with Gasteiger partial charge in [0.1, 0.15) is 23.7 Å². The Morgan fingerprint density at radius 1 is 0.862 bits per heavy atom. The molecule has 0 radical (unpaired) electrons. The summed E-state index contributed by atoms with van der Waals surface area (Å²) in [7, 11) is 0. The highest BCUT2D eigenvalue weighted by Crippen LogP contribution is 2.24. The average Bonchev–Trinajstić information content (AvgIpc) is 3.33. The number of carbonyl (C=O) groups excluding carboxylic acids is 1. The lowest BCUT2D eigenvalue weighted by atomic mass is 10.2. The first-order valence-corrected chi connectivity index (χ1v) is 10.1. The summed E-state index contributed by atoms with van der Waals surface area (Å²) >= 11 is 0. The smallest absolute Gasteiger partial charge is 0.274 e. The van der Waals surface area contributed by atoms with Crippen LogP contribution >= 0.6 is 0 Å². The van der Waals surface area contributed by atoms with E-state index in [4.69, 9.17) is 0 Å². The van der Waals surface area contributed by atoms with Crippen molar-refractivity contribution in [3.63, 3.8) is 0 Å². The molecule has 4 heterocycles. The van der Waals surface area contributed by atoms with Crippen LogP contribution in [0.2, 0.25) is 0 Å². The topological polar surface area (TPSA) is 78.4 Å². The fourth-order valence-electron chi connectivity index (χ4n) is 4.08. The van der Waals surface area contributed by atoms with Crippen molar-refractivity contribution in [1.29, 1.82) is 0 Å². The fourth-order valence-corrected chi connectivity index (χ4v) is 4.08.